The molecule has 196 valence electrons. The van der Waals surface area contributed by atoms with Crippen molar-refractivity contribution in [3.63, 3.8) is 0 Å². The third-order valence-electron chi connectivity index (χ3n) is 7.47. The van der Waals surface area contributed by atoms with Gasteiger partial charge in [0.15, 0.2) is 11.4 Å². The Hall–Kier alpha value is -3.02. The van der Waals surface area contributed by atoms with Gasteiger partial charge >= 0.3 is 0 Å². The van der Waals surface area contributed by atoms with Crippen LogP contribution < -0.4 is 9.64 Å². The summed E-state index contributed by atoms with van der Waals surface area (Å²) in [5.74, 6) is 1.71. The molecule has 1 N–H and O–H groups in total. The van der Waals surface area contributed by atoms with Crippen LogP contribution >= 0.6 is 11.3 Å². The van der Waals surface area contributed by atoms with Crippen LogP contribution in [0.25, 0.3) is 27.6 Å². The average Bonchev–Trinajstić information content (AvgIpc) is 3.68. The van der Waals surface area contributed by atoms with E-state index in [2.05, 4.69) is 38.8 Å². The van der Waals surface area contributed by atoms with E-state index in [1.165, 1.54) is 30.7 Å². The summed E-state index contributed by atoms with van der Waals surface area (Å²) in [7, 11) is 1.65. The first-order valence-electron chi connectivity index (χ1n) is 13.1. The molecular formula is C26H34N8O2S. The Morgan fingerprint density at radius 3 is 2.73 bits per heavy atom. The number of anilines is 1. The topological polar surface area (TPSA) is 96.7 Å². The van der Waals surface area contributed by atoms with Gasteiger partial charge in [-0.1, -0.05) is 25.2 Å². The Labute approximate surface area is 220 Å². The number of methoxy groups -OCH3 is 1. The predicted molar refractivity (Wildman–Crippen MR) is 145 cm³/mol. The first kappa shape index (κ1) is 24.3. The van der Waals surface area contributed by atoms with Crippen molar-refractivity contribution in [3.05, 3.63) is 30.4 Å². The molecule has 37 heavy (non-hydrogen) atoms. The number of nitrogens with zero attached hydrogens (tertiary/aromatic N) is 7. The second-order valence-electron chi connectivity index (χ2n) is 10.2. The fourth-order valence-electron chi connectivity index (χ4n) is 5.44. The van der Waals surface area contributed by atoms with E-state index in [9.17, 15) is 0 Å². The quantitative estimate of drug-likeness (QED) is 0.390. The number of pyridine rings is 1. The first-order valence-corrected chi connectivity index (χ1v) is 13.9. The van der Waals surface area contributed by atoms with Crippen molar-refractivity contribution in [1.29, 1.82) is 0 Å². The van der Waals surface area contributed by atoms with E-state index in [4.69, 9.17) is 19.6 Å². The van der Waals surface area contributed by atoms with E-state index >= 15 is 0 Å². The van der Waals surface area contributed by atoms with E-state index in [1.54, 1.807) is 23.0 Å². The molecular weight excluding hydrogens is 488 g/mol. The number of fused-ring (bicyclic) bond motifs is 1. The van der Waals surface area contributed by atoms with Gasteiger partial charge in [0.2, 0.25) is 0 Å². The lowest BCUT2D eigenvalue weighted by molar-refractivity contribution is 0.0517. The highest BCUT2D eigenvalue weighted by Gasteiger charge is 2.26. The molecule has 0 bridgehead atoms. The average molecular weight is 523 g/mol. The molecule has 11 heteroatoms. The highest BCUT2D eigenvalue weighted by molar-refractivity contribution is 7.18. The van der Waals surface area contributed by atoms with Crippen LogP contribution in [0.1, 0.15) is 38.2 Å². The summed E-state index contributed by atoms with van der Waals surface area (Å²) in [6, 6.07) is 1.99. The van der Waals surface area contributed by atoms with Crippen molar-refractivity contribution < 1.29 is 9.47 Å². The third kappa shape index (κ3) is 4.83. The first-order chi connectivity index (χ1) is 18.1. The minimum absolute atomic E-state index is 0.252. The van der Waals surface area contributed by atoms with Crippen molar-refractivity contribution in [1.82, 2.24) is 34.7 Å². The van der Waals surface area contributed by atoms with Gasteiger partial charge in [0.25, 0.3) is 0 Å². The number of rotatable bonds is 7. The SMILES string of the molecule is COc1cc(-c2[nH]nc(-c3ncc(N4CCN(CC5CCOCC5)CC4)s3)c2C(C)C)cn2ncnc12. The number of H-pyrrole nitrogens is 1. The summed E-state index contributed by atoms with van der Waals surface area (Å²) in [5, 5.41) is 14.5. The Kier molecular flexibility index (Phi) is 6.83. The van der Waals surface area contributed by atoms with Crippen molar-refractivity contribution in [2.75, 3.05) is 57.9 Å². The van der Waals surface area contributed by atoms with Crippen molar-refractivity contribution in [2.45, 2.75) is 32.6 Å². The molecule has 6 heterocycles. The number of hydrogen-bond donors (Lipinski definition) is 1. The molecule has 2 aliphatic heterocycles. The lowest BCUT2D eigenvalue weighted by atomic mass is 9.97. The van der Waals surface area contributed by atoms with Gasteiger partial charge in [-0.3, -0.25) is 10.00 Å². The summed E-state index contributed by atoms with van der Waals surface area (Å²) >= 11 is 1.73. The Bertz CT molecular complexity index is 1350. The molecule has 2 aliphatic rings. The standard InChI is InChI=1S/C26H34N8O2S/c1-17(2)22-23(19-12-20(35-3)25-28-16-29-34(25)15-19)30-31-24(22)26-27-13-21(37-26)33-8-6-32(7-9-33)14-18-4-10-36-11-5-18/h12-13,15-18H,4-11,14H2,1-3H3,(H,30,31). The summed E-state index contributed by atoms with van der Waals surface area (Å²) in [5.41, 5.74) is 4.66. The molecule has 2 fully saturated rings. The number of ether oxygens (including phenoxy) is 2. The fraction of sp³-hybridized carbons (Fsp3) is 0.538. The fourth-order valence-corrected chi connectivity index (χ4v) is 6.42. The summed E-state index contributed by atoms with van der Waals surface area (Å²) in [6.45, 7) is 11.7. The minimum Gasteiger partial charge on any atom is -0.493 e. The summed E-state index contributed by atoms with van der Waals surface area (Å²) in [6.07, 6.45) is 7.90. The van der Waals surface area contributed by atoms with E-state index in [-0.39, 0.29) is 5.92 Å². The maximum Gasteiger partial charge on any atom is 0.197 e. The third-order valence-corrected chi connectivity index (χ3v) is 8.53. The van der Waals surface area contributed by atoms with Crippen LogP contribution in [0, 0.1) is 5.92 Å². The van der Waals surface area contributed by atoms with Crippen LogP contribution in [-0.2, 0) is 4.74 Å². The zero-order chi connectivity index (χ0) is 25.4. The van der Waals surface area contributed by atoms with E-state index in [0.29, 0.717) is 11.4 Å². The van der Waals surface area contributed by atoms with Crippen LogP contribution in [0.4, 0.5) is 5.00 Å². The van der Waals surface area contributed by atoms with E-state index in [1.807, 2.05) is 18.5 Å². The second-order valence-corrected chi connectivity index (χ2v) is 11.2. The van der Waals surface area contributed by atoms with Gasteiger partial charge in [-0.05, 0) is 30.7 Å². The zero-order valence-corrected chi connectivity index (χ0v) is 22.5. The van der Waals surface area contributed by atoms with Crippen molar-refractivity contribution in [3.8, 4) is 27.7 Å². The van der Waals surface area contributed by atoms with Gasteiger partial charge in [-0.15, -0.1) is 0 Å². The van der Waals surface area contributed by atoms with E-state index < -0.39 is 0 Å². The van der Waals surface area contributed by atoms with Gasteiger partial charge in [0.1, 0.15) is 22.0 Å². The molecule has 0 atom stereocenters. The number of aromatic amines is 1. The molecule has 0 saturated carbocycles. The van der Waals surface area contributed by atoms with Gasteiger partial charge in [0, 0.05) is 63.3 Å². The predicted octanol–water partition coefficient (Wildman–Crippen LogP) is 3.92. The molecule has 0 radical (unpaired) electrons. The van der Waals surface area contributed by atoms with Crippen molar-refractivity contribution in [2.24, 2.45) is 5.92 Å². The highest BCUT2D eigenvalue weighted by atomic mass is 32.1. The molecule has 4 aromatic rings. The summed E-state index contributed by atoms with van der Waals surface area (Å²) < 4.78 is 12.8. The van der Waals surface area contributed by atoms with Crippen LogP contribution in [0.5, 0.6) is 5.75 Å². The normalized spacial score (nSPS) is 17.8. The van der Waals surface area contributed by atoms with Crippen molar-refractivity contribution >= 4 is 22.0 Å². The second kappa shape index (κ2) is 10.4. The maximum atomic E-state index is 5.58. The minimum atomic E-state index is 0.252. The zero-order valence-electron chi connectivity index (χ0n) is 21.7. The molecule has 4 aromatic heterocycles. The molecule has 6 rings (SSSR count). The van der Waals surface area contributed by atoms with Crippen LogP contribution in [0.3, 0.4) is 0 Å². The number of hydrogen-bond acceptors (Lipinski definition) is 9. The van der Waals surface area contributed by atoms with Crippen LogP contribution in [-0.4, -0.2) is 87.7 Å². The van der Waals surface area contributed by atoms with E-state index in [0.717, 1.165) is 72.8 Å². The number of aromatic nitrogens is 6. The molecule has 10 nitrogen and oxygen atoms in total. The summed E-state index contributed by atoms with van der Waals surface area (Å²) in [4.78, 5) is 14.2. The molecule has 2 saturated heterocycles. The number of nitrogens with one attached hydrogen (secondary N) is 1. The molecule has 0 amide bonds. The maximum absolute atomic E-state index is 5.58. The van der Waals surface area contributed by atoms with Gasteiger partial charge in [-0.25, -0.2) is 14.5 Å². The Balaban J connectivity index is 1.21. The van der Waals surface area contributed by atoms with Gasteiger partial charge in [0.05, 0.1) is 19.0 Å². The number of piperazine rings is 1. The monoisotopic (exact) mass is 522 g/mol. The largest absolute Gasteiger partial charge is 0.493 e. The van der Waals surface area contributed by atoms with Gasteiger partial charge in [-0.2, -0.15) is 10.2 Å². The smallest absolute Gasteiger partial charge is 0.197 e. The lowest BCUT2D eigenvalue weighted by Crippen LogP contribution is -2.48. The van der Waals surface area contributed by atoms with Crippen LogP contribution in [0.2, 0.25) is 0 Å². The van der Waals surface area contributed by atoms with Gasteiger partial charge < -0.3 is 14.4 Å². The Morgan fingerprint density at radius 2 is 1.97 bits per heavy atom. The molecule has 0 aromatic carbocycles. The highest BCUT2D eigenvalue weighted by Crippen LogP contribution is 2.39. The lowest BCUT2D eigenvalue weighted by Gasteiger charge is -2.37. The Morgan fingerprint density at radius 1 is 1.16 bits per heavy atom. The molecule has 0 unspecified atom stereocenters. The molecule has 0 aliphatic carbocycles. The number of thiazole rings is 1. The molecule has 0 spiro atoms. The van der Waals surface area contributed by atoms with Crippen LogP contribution in [0.15, 0.2) is 24.8 Å².